The van der Waals surface area contributed by atoms with Gasteiger partial charge in [0.05, 0.1) is 0 Å². The van der Waals surface area contributed by atoms with Gasteiger partial charge in [-0.3, -0.25) is 5.32 Å². The molecule has 3 aromatic rings. The molecule has 0 aliphatic heterocycles. The monoisotopic (exact) mass is 402 g/mol. The minimum Gasteiger partial charge on any atom is -0.448 e. The lowest BCUT2D eigenvalue weighted by molar-refractivity contribution is 0.158. The number of hydrogen-bond donors (Lipinski definition) is 2. The predicted molar refractivity (Wildman–Crippen MR) is 99.4 cm³/mol. The Labute approximate surface area is 162 Å². The third-order valence-corrected chi connectivity index (χ3v) is 4.87. The average molecular weight is 402 g/mol. The Balaban J connectivity index is 1.55. The fourth-order valence-electron chi connectivity index (χ4n) is 3.49. The molecule has 0 atom stereocenters. The molecular formula is C21H14F4N2O2. The van der Waals surface area contributed by atoms with E-state index in [9.17, 15) is 22.4 Å². The molecule has 1 aliphatic carbocycles. The molecule has 0 radical (unpaired) electrons. The van der Waals surface area contributed by atoms with Gasteiger partial charge >= 0.3 is 6.09 Å². The van der Waals surface area contributed by atoms with Crippen molar-refractivity contribution in [2.45, 2.75) is 5.92 Å². The number of fused-ring (bicyclic) bond motifs is 3. The standard InChI is InChI=1S/C21H14F4N2O2/c22-15-17(24)20(18(25)16(23)19(15)26)27-21(28)29-9-14-12-7-3-1-5-10(12)11-6-2-4-8-13(11)14/h1-8,14H,9,26H2,(H,27,28). The van der Waals surface area contributed by atoms with Crippen molar-refractivity contribution >= 4 is 17.5 Å². The van der Waals surface area contributed by atoms with Gasteiger partial charge in [0.25, 0.3) is 0 Å². The third-order valence-electron chi connectivity index (χ3n) is 4.87. The normalized spacial score (nSPS) is 12.4. The van der Waals surface area contributed by atoms with Crippen molar-refractivity contribution in [1.82, 2.24) is 0 Å². The van der Waals surface area contributed by atoms with E-state index in [-0.39, 0.29) is 12.5 Å². The van der Waals surface area contributed by atoms with E-state index in [0.717, 1.165) is 22.3 Å². The fourth-order valence-corrected chi connectivity index (χ4v) is 3.49. The Morgan fingerprint density at radius 2 is 1.34 bits per heavy atom. The molecule has 148 valence electrons. The summed E-state index contributed by atoms with van der Waals surface area (Å²) in [6.45, 7) is -0.136. The molecule has 4 nitrogen and oxygen atoms in total. The Bertz CT molecular complexity index is 1060. The molecule has 0 unspecified atom stereocenters. The number of ether oxygens (including phenoxy) is 1. The van der Waals surface area contributed by atoms with Crippen LogP contribution in [0.5, 0.6) is 0 Å². The largest absolute Gasteiger partial charge is 0.448 e. The Hall–Kier alpha value is -3.55. The number of carbonyl (C=O) groups is 1. The van der Waals surface area contributed by atoms with Gasteiger partial charge in [-0.25, -0.2) is 22.4 Å². The first-order valence-electron chi connectivity index (χ1n) is 8.63. The van der Waals surface area contributed by atoms with Crippen LogP contribution in [0.2, 0.25) is 0 Å². The van der Waals surface area contributed by atoms with E-state index in [1.54, 1.807) is 5.32 Å². The molecule has 4 rings (SSSR count). The highest BCUT2D eigenvalue weighted by Crippen LogP contribution is 2.44. The lowest BCUT2D eigenvalue weighted by Crippen LogP contribution is -2.20. The fraction of sp³-hybridized carbons (Fsp3) is 0.0952. The summed E-state index contributed by atoms with van der Waals surface area (Å²) in [5, 5.41) is 1.71. The summed E-state index contributed by atoms with van der Waals surface area (Å²) >= 11 is 0. The van der Waals surface area contributed by atoms with Gasteiger partial charge in [-0.1, -0.05) is 48.5 Å². The third kappa shape index (κ3) is 3.06. The lowest BCUT2D eigenvalue weighted by Gasteiger charge is -2.15. The number of amides is 1. The second-order valence-electron chi connectivity index (χ2n) is 6.50. The van der Waals surface area contributed by atoms with Crippen LogP contribution in [0, 0.1) is 23.3 Å². The van der Waals surface area contributed by atoms with Crippen molar-refractivity contribution in [1.29, 1.82) is 0 Å². The second kappa shape index (κ2) is 7.12. The predicted octanol–water partition coefficient (Wildman–Crippen LogP) is 5.19. The van der Waals surface area contributed by atoms with Gasteiger partial charge < -0.3 is 10.5 Å². The number of nitrogens with two attached hydrogens (primary N) is 1. The van der Waals surface area contributed by atoms with Crippen LogP contribution >= 0.6 is 0 Å². The van der Waals surface area contributed by atoms with Crippen LogP contribution in [0.25, 0.3) is 11.1 Å². The zero-order valence-corrected chi connectivity index (χ0v) is 14.8. The van der Waals surface area contributed by atoms with Crippen LogP contribution in [0.4, 0.5) is 33.7 Å². The van der Waals surface area contributed by atoms with Gasteiger partial charge in [-0.05, 0) is 22.3 Å². The van der Waals surface area contributed by atoms with E-state index >= 15 is 0 Å². The number of nitrogens with one attached hydrogen (secondary N) is 1. The minimum absolute atomic E-state index is 0.136. The Morgan fingerprint density at radius 3 is 1.86 bits per heavy atom. The summed E-state index contributed by atoms with van der Waals surface area (Å²) in [7, 11) is 0. The molecule has 1 aliphatic rings. The highest BCUT2D eigenvalue weighted by Gasteiger charge is 2.30. The van der Waals surface area contributed by atoms with Crippen LogP contribution in [-0.2, 0) is 4.74 Å². The van der Waals surface area contributed by atoms with E-state index in [4.69, 9.17) is 10.5 Å². The highest BCUT2D eigenvalue weighted by atomic mass is 19.2. The molecule has 3 N–H and O–H groups in total. The Kier molecular flexibility index (Phi) is 4.62. The number of benzene rings is 3. The van der Waals surface area contributed by atoms with Gasteiger partial charge in [0.2, 0.25) is 0 Å². The maximum Gasteiger partial charge on any atom is 0.411 e. The van der Waals surface area contributed by atoms with E-state index in [2.05, 4.69) is 0 Å². The molecule has 29 heavy (non-hydrogen) atoms. The summed E-state index contributed by atoms with van der Waals surface area (Å²) in [5.74, 6) is -7.50. The quantitative estimate of drug-likeness (QED) is 0.360. The minimum atomic E-state index is -1.81. The van der Waals surface area contributed by atoms with Gasteiger partial charge in [-0.15, -0.1) is 0 Å². The Morgan fingerprint density at radius 1 is 0.862 bits per heavy atom. The van der Waals surface area contributed by atoms with Gasteiger partial charge in [0.1, 0.15) is 18.0 Å². The molecule has 1 amide bonds. The van der Waals surface area contributed by atoms with E-state index < -0.39 is 40.7 Å². The van der Waals surface area contributed by atoms with Crippen LogP contribution in [0.15, 0.2) is 48.5 Å². The maximum absolute atomic E-state index is 13.9. The topological polar surface area (TPSA) is 64.3 Å². The van der Waals surface area contributed by atoms with Crippen LogP contribution < -0.4 is 11.1 Å². The number of nitrogen functional groups attached to an aromatic ring is 1. The molecule has 0 fully saturated rings. The molecule has 3 aromatic carbocycles. The van der Waals surface area contributed by atoms with Crippen molar-refractivity contribution < 1.29 is 27.1 Å². The molecule has 0 bridgehead atoms. The number of anilines is 2. The van der Waals surface area contributed by atoms with Crippen molar-refractivity contribution in [2.24, 2.45) is 0 Å². The first kappa shape index (κ1) is 18.8. The van der Waals surface area contributed by atoms with Gasteiger partial charge in [0.15, 0.2) is 23.3 Å². The van der Waals surface area contributed by atoms with E-state index in [1.165, 1.54) is 0 Å². The molecule has 0 saturated heterocycles. The summed E-state index contributed by atoms with van der Waals surface area (Å²) in [5.41, 5.74) is 6.20. The summed E-state index contributed by atoms with van der Waals surface area (Å²) in [6, 6.07) is 15.2. The summed E-state index contributed by atoms with van der Waals surface area (Å²) in [4.78, 5) is 12.1. The van der Waals surface area contributed by atoms with Crippen LogP contribution in [0.1, 0.15) is 17.0 Å². The molecule has 0 heterocycles. The zero-order valence-electron chi connectivity index (χ0n) is 14.8. The van der Waals surface area contributed by atoms with Crippen molar-refractivity contribution in [2.75, 3.05) is 17.7 Å². The number of rotatable bonds is 3. The van der Waals surface area contributed by atoms with Crippen LogP contribution in [-0.4, -0.2) is 12.7 Å². The summed E-state index contributed by atoms with van der Waals surface area (Å²) < 4.78 is 59.9. The average Bonchev–Trinajstić information content (AvgIpc) is 3.06. The smallest absolute Gasteiger partial charge is 0.411 e. The molecular weight excluding hydrogens is 388 g/mol. The first-order valence-corrected chi connectivity index (χ1v) is 8.63. The molecule has 8 heteroatoms. The van der Waals surface area contributed by atoms with Crippen molar-refractivity contribution in [3.63, 3.8) is 0 Å². The van der Waals surface area contributed by atoms with E-state index in [1.807, 2.05) is 48.5 Å². The molecule has 0 spiro atoms. The SMILES string of the molecule is Nc1c(F)c(F)c(NC(=O)OCC2c3ccccc3-c3ccccc32)c(F)c1F. The zero-order chi connectivity index (χ0) is 20.7. The van der Waals surface area contributed by atoms with Gasteiger partial charge in [0, 0.05) is 5.92 Å². The first-order chi connectivity index (χ1) is 13.9. The number of hydrogen-bond acceptors (Lipinski definition) is 3. The molecule has 0 aromatic heterocycles. The second-order valence-corrected chi connectivity index (χ2v) is 6.50. The summed E-state index contributed by atoms with van der Waals surface area (Å²) in [6.07, 6.45) is -1.26. The number of carbonyl (C=O) groups excluding carboxylic acids is 1. The maximum atomic E-state index is 13.9. The van der Waals surface area contributed by atoms with Crippen molar-refractivity contribution in [3.05, 3.63) is 82.9 Å². The van der Waals surface area contributed by atoms with Crippen molar-refractivity contribution in [3.8, 4) is 11.1 Å². The van der Waals surface area contributed by atoms with E-state index in [0.29, 0.717) is 0 Å². The molecule has 0 saturated carbocycles. The van der Waals surface area contributed by atoms with Gasteiger partial charge in [-0.2, -0.15) is 0 Å². The lowest BCUT2D eigenvalue weighted by atomic mass is 9.98. The number of halogens is 4. The van der Waals surface area contributed by atoms with Crippen LogP contribution in [0.3, 0.4) is 0 Å². The highest BCUT2D eigenvalue weighted by molar-refractivity contribution is 5.86.